The molecule has 7 heteroatoms. The second kappa shape index (κ2) is 8.31. The van der Waals surface area contributed by atoms with Crippen LogP contribution in [0.15, 0.2) is 11.6 Å². The Balaban J connectivity index is 1.08. The van der Waals surface area contributed by atoms with Crippen LogP contribution in [0.2, 0.25) is 0 Å². The lowest BCUT2D eigenvalue weighted by Crippen LogP contribution is -2.55. The van der Waals surface area contributed by atoms with Gasteiger partial charge in [-0.3, -0.25) is 4.90 Å². The number of nitrogens with one attached hydrogen (secondary N) is 1. The van der Waals surface area contributed by atoms with Crippen LogP contribution in [0.5, 0.6) is 0 Å². The van der Waals surface area contributed by atoms with Crippen LogP contribution in [-0.2, 0) is 4.74 Å². The molecule has 3 saturated heterocycles. The number of hydrogen-bond donors (Lipinski definition) is 1. The molecule has 1 N–H and O–H groups in total. The summed E-state index contributed by atoms with van der Waals surface area (Å²) in [4.78, 5) is 19.4. The number of carbonyl (C=O) groups is 1. The number of rotatable bonds is 4. The summed E-state index contributed by atoms with van der Waals surface area (Å²) in [5, 5.41) is 5.72. The molecule has 1 saturated carbocycles. The van der Waals surface area contributed by atoms with Gasteiger partial charge in [-0.2, -0.15) is 0 Å². The van der Waals surface area contributed by atoms with Crippen molar-refractivity contribution >= 4 is 17.9 Å². The predicted octanol–water partition coefficient (Wildman–Crippen LogP) is 3.27. The van der Waals surface area contributed by atoms with Crippen LogP contribution in [0.3, 0.4) is 0 Å². The number of piperidine rings is 1. The maximum Gasteiger partial charge on any atom is 0.409 e. The minimum Gasteiger partial charge on any atom is -0.450 e. The lowest BCUT2D eigenvalue weighted by Gasteiger charge is -2.52. The number of thioether (sulfide) groups is 1. The number of ether oxygens (including phenoxy) is 1. The number of amides is 1. The molecule has 0 aromatic carbocycles. The van der Waals surface area contributed by atoms with Gasteiger partial charge in [-0.15, -0.1) is 0 Å². The fourth-order valence-corrected chi connectivity index (χ4v) is 7.45. The first-order chi connectivity index (χ1) is 14.2. The van der Waals surface area contributed by atoms with Crippen molar-refractivity contribution in [2.75, 3.05) is 39.3 Å². The fourth-order valence-electron chi connectivity index (χ4n) is 6.57. The number of likely N-dealkylation sites (tertiary alicyclic amines) is 3. The molecule has 29 heavy (non-hydrogen) atoms. The molecule has 1 amide bonds. The minimum absolute atomic E-state index is 0.111. The molecule has 4 aliphatic heterocycles. The summed E-state index contributed by atoms with van der Waals surface area (Å²) in [6.07, 6.45) is 11.1. The van der Waals surface area contributed by atoms with Crippen molar-refractivity contribution in [3.05, 3.63) is 11.6 Å². The number of nitrogens with zero attached hydrogens (tertiary/aromatic N) is 3. The van der Waals surface area contributed by atoms with Crippen molar-refractivity contribution in [1.82, 2.24) is 20.0 Å². The van der Waals surface area contributed by atoms with Crippen molar-refractivity contribution < 1.29 is 9.53 Å². The van der Waals surface area contributed by atoms with Crippen LogP contribution in [0.25, 0.3) is 0 Å². The zero-order valence-electron chi connectivity index (χ0n) is 17.7. The highest BCUT2D eigenvalue weighted by Crippen LogP contribution is 2.51. The third-order valence-electron chi connectivity index (χ3n) is 8.09. The van der Waals surface area contributed by atoms with Gasteiger partial charge in [-0.1, -0.05) is 11.8 Å². The van der Waals surface area contributed by atoms with Crippen LogP contribution in [0.1, 0.15) is 51.9 Å². The molecule has 1 unspecified atom stereocenters. The summed E-state index contributed by atoms with van der Waals surface area (Å²) < 4.78 is 5.20. The van der Waals surface area contributed by atoms with E-state index < -0.39 is 0 Å². The van der Waals surface area contributed by atoms with Crippen LogP contribution >= 0.6 is 11.8 Å². The van der Waals surface area contributed by atoms with Crippen molar-refractivity contribution in [2.45, 2.75) is 69.5 Å². The molecule has 0 radical (unpaired) electrons. The molecule has 4 heterocycles. The molecule has 0 aromatic heterocycles. The molecular formula is C22H36N4O2S. The quantitative estimate of drug-likeness (QED) is 0.753. The molecule has 5 aliphatic rings. The van der Waals surface area contributed by atoms with Crippen molar-refractivity contribution in [2.24, 2.45) is 11.3 Å². The zero-order valence-corrected chi connectivity index (χ0v) is 18.5. The van der Waals surface area contributed by atoms with Crippen molar-refractivity contribution in [3.8, 4) is 0 Å². The largest absolute Gasteiger partial charge is 0.450 e. The second-order valence-electron chi connectivity index (χ2n) is 9.71. The summed E-state index contributed by atoms with van der Waals surface area (Å²) in [6, 6.07) is 1.51. The van der Waals surface area contributed by atoms with Gasteiger partial charge in [-0.25, -0.2) is 4.79 Å². The van der Waals surface area contributed by atoms with Crippen LogP contribution in [-0.4, -0.2) is 77.7 Å². The van der Waals surface area contributed by atoms with E-state index >= 15 is 0 Å². The smallest absolute Gasteiger partial charge is 0.409 e. The Kier molecular flexibility index (Phi) is 5.73. The van der Waals surface area contributed by atoms with Crippen LogP contribution < -0.4 is 5.32 Å². The third-order valence-corrected chi connectivity index (χ3v) is 9.05. The molecule has 2 atom stereocenters. The van der Waals surface area contributed by atoms with E-state index in [2.05, 4.69) is 26.7 Å². The van der Waals surface area contributed by atoms with Gasteiger partial charge in [0.15, 0.2) is 0 Å². The SMILES string of the molecule is CCOC(=O)N1CCC2(CC(N3CCC([C@@H]4CCCN4C4NC=CS4)CC3)C2)C1. The monoisotopic (exact) mass is 420 g/mol. The highest BCUT2D eigenvalue weighted by atomic mass is 32.2. The summed E-state index contributed by atoms with van der Waals surface area (Å²) >= 11 is 1.93. The van der Waals surface area contributed by atoms with Crippen molar-refractivity contribution in [3.63, 3.8) is 0 Å². The summed E-state index contributed by atoms with van der Waals surface area (Å²) in [7, 11) is 0. The second-order valence-corrected chi connectivity index (χ2v) is 10.7. The lowest BCUT2D eigenvalue weighted by molar-refractivity contribution is -0.0165. The topological polar surface area (TPSA) is 48.1 Å². The van der Waals surface area contributed by atoms with E-state index in [9.17, 15) is 4.79 Å². The van der Waals surface area contributed by atoms with E-state index in [0.29, 0.717) is 17.5 Å². The van der Waals surface area contributed by atoms with E-state index in [1.54, 1.807) is 0 Å². The van der Waals surface area contributed by atoms with Gasteiger partial charge in [-0.05, 0) is 81.7 Å². The van der Waals surface area contributed by atoms with E-state index in [1.807, 2.05) is 23.6 Å². The van der Waals surface area contributed by atoms with Gasteiger partial charge in [0.1, 0.15) is 5.50 Å². The normalized spacial score (nSPS) is 38.5. The molecule has 1 spiro atoms. The van der Waals surface area contributed by atoms with Crippen LogP contribution in [0, 0.1) is 11.3 Å². The third kappa shape index (κ3) is 3.90. The van der Waals surface area contributed by atoms with Gasteiger partial charge >= 0.3 is 6.09 Å². The average Bonchev–Trinajstić information content (AvgIpc) is 3.47. The highest BCUT2D eigenvalue weighted by molar-refractivity contribution is 8.02. The minimum atomic E-state index is -0.111. The molecule has 5 rings (SSSR count). The Labute approximate surface area is 179 Å². The summed E-state index contributed by atoms with van der Waals surface area (Å²) in [6.45, 7) is 7.94. The Morgan fingerprint density at radius 2 is 2.03 bits per heavy atom. The molecule has 6 nitrogen and oxygen atoms in total. The van der Waals surface area contributed by atoms with Gasteiger partial charge < -0.3 is 19.9 Å². The van der Waals surface area contributed by atoms with Crippen LogP contribution in [0.4, 0.5) is 4.79 Å². The zero-order chi connectivity index (χ0) is 19.8. The fraction of sp³-hybridized carbons (Fsp3) is 0.864. The Morgan fingerprint density at radius 1 is 1.21 bits per heavy atom. The summed E-state index contributed by atoms with van der Waals surface area (Å²) in [5.41, 5.74) is 0.853. The lowest BCUT2D eigenvalue weighted by atomic mass is 9.64. The van der Waals surface area contributed by atoms with E-state index in [0.717, 1.165) is 37.5 Å². The molecule has 0 aromatic rings. The van der Waals surface area contributed by atoms with E-state index in [1.165, 1.54) is 58.2 Å². The molecule has 0 bridgehead atoms. The van der Waals surface area contributed by atoms with Gasteiger partial charge in [0, 0.05) is 37.9 Å². The maximum atomic E-state index is 12.0. The molecule has 4 fully saturated rings. The average molecular weight is 421 g/mol. The predicted molar refractivity (Wildman–Crippen MR) is 116 cm³/mol. The molecule has 1 aliphatic carbocycles. The first kappa shape index (κ1) is 20.0. The van der Waals surface area contributed by atoms with Crippen molar-refractivity contribution in [1.29, 1.82) is 0 Å². The first-order valence-electron chi connectivity index (χ1n) is 11.7. The first-order valence-corrected chi connectivity index (χ1v) is 12.6. The molecule has 162 valence electrons. The summed E-state index contributed by atoms with van der Waals surface area (Å²) in [5.74, 6) is 0.858. The Morgan fingerprint density at radius 3 is 2.76 bits per heavy atom. The van der Waals surface area contributed by atoms with Gasteiger partial charge in [0.2, 0.25) is 0 Å². The highest BCUT2D eigenvalue weighted by Gasteiger charge is 2.51. The maximum absolute atomic E-state index is 12.0. The number of hydrogen-bond acceptors (Lipinski definition) is 6. The standard InChI is InChI=1S/C22H36N4O2S/c1-2-28-21(27)25-12-7-22(16-25)14-18(15-22)24-10-5-17(6-11-24)19-4-3-9-26(19)20-23-8-13-29-20/h8,13,17-20,23H,2-7,9-12,14-16H2,1H3/t18?,19-,20?,22?/m0/s1. The van der Waals surface area contributed by atoms with Gasteiger partial charge in [0.05, 0.1) is 6.61 Å². The number of carbonyl (C=O) groups excluding carboxylic acids is 1. The molecular weight excluding hydrogens is 384 g/mol. The Hall–Kier alpha value is -0.920. The Bertz CT molecular complexity index is 622. The van der Waals surface area contributed by atoms with E-state index in [4.69, 9.17) is 4.74 Å². The van der Waals surface area contributed by atoms with Gasteiger partial charge in [0.25, 0.3) is 0 Å². The van der Waals surface area contributed by atoms with E-state index in [-0.39, 0.29) is 6.09 Å².